The molecule has 156 valence electrons. The molecule has 2 aromatic rings. The van der Waals surface area contributed by atoms with E-state index in [0.29, 0.717) is 0 Å². The van der Waals surface area contributed by atoms with Crippen molar-refractivity contribution in [2.45, 2.75) is 13.1 Å². The summed E-state index contributed by atoms with van der Waals surface area (Å²) in [4.78, 5) is 9.37. The molecular weight excluding hydrogens is 378 g/mol. The van der Waals surface area contributed by atoms with E-state index in [4.69, 9.17) is 0 Å². The van der Waals surface area contributed by atoms with E-state index in [1.54, 1.807) is 0 Å². The fourth-order valence-electron chi connectivity index (χ4n) is 3.60. The molecule has 0 spiro atoms. The molecule has 1 aliphatic heterocycles. The molecule has 2 aromatic carbocycles. The normalized spacial score (nSPS) is 15.4. The predicted octanol–water partition coefficient (Wildman–Crippen LogP) is 3.04. The van der Waals surface area contributed by atoms with Gasteiger partial charge in [0.05, 0.1) is 0 Å². The number of nitrogens with zero attached hydrogens (tertiary/aromatic N) is 3. The maximum Gasteiger partial charge on any atom is 0.191 e. The first-order valence-corrected chi connectivity index (χ1v) is 11.7. The second kappa shape index (κ2) is 11.7. The molecule has 3 rings (SSSR count). The lowest BCUT2D eigenvalue weighted by Gasteiger charge is -2.36. The number of benzene rings is 2. The van der Waals surface area contributed by atoms with Crippen LogP contribution in [-0.4, -0.2) is 62.6 Å². The zero-order valence-corrected chi connectivity index (χ0v) is 18.4. The van der Waals surface area contributed by atoms with Crippen molar-refractivity contribution in [3.63, 3.8) is 0 Å². The van der Waals surface area contributed by atoms with Gasteiger partial charge in [0.1, 0.15) is 0 Å². The largest absolute Gasteiger partial charge is 0.369 e. The minimum Gasteiger partial charge on any atom is -0.369 e. The molecule has 5 nitrogen and oxygen atoms in total. The van der Waals surface area contributed by atoms with Crippen LogP contribution >= 0.6 is 11.8 Å². The Balaban J connectivity index is 1.52. The Morgan fingerprint density at radius 2 is 1.62 bits per heavy atom. The molecule has 0 radical (unpaired) electrons. The summed E-state index contributed by atoms with van der Waals surface area (Å²) < 4.78 is 0. The summed E-state index contributed by atoms with van der Waals surface area (Å²) in [6.45, 7) is 7.06. The molecule has 1 saturated heterocycles. The number of thioether (sulfide) groups is 1. The molecule has 6 heteroatoms. The van der Waals surface area contributed by atoms with Crippen molar-refractivity contribution >= 4 is 23.4 Å². The van der Waals surface area contributed by atoms with Crippen molar-refractivity contribution in [3.8, 4) is 0 Å². The molecule has 29 heavy (non-hydrogen) atoms. The summed E-state index contributed by atoms with van der Waals surface area (Å²) in [7, 11) is 1.83. The Kier molecular flexibility index (Phi) is 8.71. The fourth-order valence-corrected chi connectivity index (χ4v) is 3.91. The first-order valence-electron chi connectivity index (χ1n) is 10.3. The monoisotopic (exact) mass is 411 g/mol. The number of guanidine groups is 1. The van der Waals surface area contributed by atoms with Crippen LogP contribution in [-0.2, 0) is 13.1 Å². The van der Waals surface area contributed by atoms with Gasteiger partial charge in [-0.2, -0.15) is 11.8 Å². The van der Waals surface area contributed by atoms with Crippen LogP contribution in [0.1, 0.15) is 11.1 Å². The van der Waals surface area contributed by atoms with E-state index < -0.39 is 0 Å². The number of nitrogens with one attached hydrogen (secondary N) is 2. The number of hydrogen-bond acceptors (Lipinski definition) is 4. The van der Waals surface area contributed by atoms with E-state index in [1.165, 1.54) is 16.8 Å². The van der Waals surface area contributed by atoms with E-state index in [1.807, 2.05) is 18.8 Å². The van der Waals surface area contributed by atoms with Gasteiger partial charge in [-0.3, -0.25) is 9.89 Å². The third-order valence-electron chi connectivity index (χ3n) is 5.27. The minimum absolute atomic E-state index is 0.791. The molecule has 1 fully saturated rings. The maximum atomic E-state index is 4.33. The third kappa shape index (κ3) is 6.68. The number of aliphatic imine (C=N–C) groups is 1. The van der Waals surface area contributed by atoms with E-state index in [0.717, 1.165) is 57.5 Å². The number of hydrogen-bond donors (Lipinski definition) is 2. The molecule has 1 aliphatic rings. The SMILES string of the molecule is CN=C(NCCSC)NCc1ccccc1CN1CCN(c2ccccc2)CC1. The Morgan fingerprint density at radius 1 is 0.931 bits per heavy atom. The number of anilines is 1. The molecule has 0 saturated carbocycles. The molecule has 2 N–H and O–H groups in total. The lowest BCUT2D eigenvalue weighted by molar-refractivity contribution is 0.249. The van der Waals surface area contributed by atoms with Crippen molar-refractivity contribution in [2.24, 2.45) is 4.99 Å². The topological polar surface area (TPSA) is 42.9 Å². The van der Waals surface area contributed by atoms with Gasteiger partial charge in [0.2, 0.25) is 0 Å². The van der Waals surface area contributed by atoms with E-state index in [2.05, 4.69) is 86.3 Å². The van der Waals surface area contributed by atoms with Gasteiger partial charge in [-0.05, 0) is 29.5 Å². The van der Waals surface area contributed by atoms with Gasteiger partial charge in [-0.15, -0.1) is 0 Å². The van der Waals surface area contributed by atoms with Crippen LogP contribution in [0.25, 0.3) is 0 Å². The molecule has 0 aromatic heterocycles. The van der Waals surface area contributed by atoms with Crippen LogP contribution < -0.4 is 15.5 Å². The van der Waals surface area contributed by atoms with Gasteiger partial charge in [0.15, 0.2) is 5.96 Å². The van der Waals surface area contributed by atoms with Gasteiger partial charge in [0, 0.05) is 64.3 Å². The first kappa shape index (κ1) is 21.5. The Hall–Kier alpha value is -2.18. The smallest absolute Gasteiger partial charge is 0.191 e. The molecule has 0 aliphatic carbocycles. The highest BCUT2D eigenvalue weighted by Gasteiger charge is 2.18. The standard InChI is InChI=1S/C23H33N5S/c1-24-23(25-12-17-29-2)26-18-20-8-6-7-9-21(20)19-27-13-15-28(16-14-27)22-10-4-3-5-11-22/h3-11H,12-19H2,1-2H3,(H2,24,25,26). The average Bonchev–Trinajstić information content (AvgIpc) is 2.78. The Bertz CT molecular complexity index is 757. The van der Waals surface area contributed by atoms with E-state index >= 15 is 0 Å². The molecular formula is C23H33N5S. The maximum absolute atomic E-state index is 4.33. The predicted molar refractivity (Wildman–Crippen MR) is 127 cm³/mol. The summed E-state index contributed by atoms with van der Waals surface area (Å²) in [5.41, 5.74) is 4.07. The lowest BCUT2D eigenvalue weighted by Crippen LogP contribution is -2.46. The summed E-state index contributed by atoms with van der Waals surface area (Å²) in [6, 6.07) is 19.5. The summed E-state index contributed by atoms with van der Waals surface area (Å²) in [5.74, 6) is 1.94. The highest BCUT2D eigenvalue weighted by molar-refractivity contribution is 7.98. The van der Waals surface area contributed by atoms with Crippen LogP contribution in [0.15, 0.2) is 59.6 Å². The van der Waals surface area contributed by atoms with Crippen LogP contribution in [0.3, 0.4) is 0 Å². The molecule has 1 heterocycles. The van der Waals surface area contributed by atoms with Gasteiger partial charge in [-0.25, -0.2) is 0 Å². The van der Waals surface area contributed by atoms with Gasteiger partial charge >= 0.3 is 0 Å². The molecule has 0 atom stereocenters. The van der Waals surface area contributed by atoms with Gasteiger partial charge in [-0.1, -0.05) is 42.5 Å². The Labute approximate surface area is 179 Å². The zero-order chi connectivity index (χ0) is 20.3. The lowest BCUT2D eigenvalue weighted by atomic mass is 10.1. The summed E-state index contributed by atoms with van der Waals surface area (Å²) in [6.07, 6.45) is 2.12. The van der Waals surface area contributed by atoms with Crippen LogP contribution in [0, 0.1) is 0 Å². The third-order valence-corrected chi connectivity index (χ3v) is 5.89. The second-order valence-electron chi connectivity index (χ2n) is 7.21. The van der Waals surface area contributed by atoms with E-state index in [9.17, 15) is 0 Å². The fraction of sp³-hybridized carbons (Fsp3) is 0.435. The molecule has 0 bridgehead atoms. The zero-order valence-electron chi connectivity index (χ0n) is 17.6. The van der Waals surface area contributed by atoms with Crippen molar-refractivity contribution < 1.29 is 0 Å². The number of rotatable bonds is 8. The van der Waals surface area contributed by atoms with Crippen molar-refractivity contribution in [1.29, 1.82) is 0 Å². The highest BCUT2D eigenvalue weighted by Crippen LogP contribution is 2.18. The highest BCUT2D eigenvalue weighted by atomic mass is 32.2. The molecule has 0 unspecified atom stereocenters. The second-order valence-corrected chi connectivity index (χ2v) is 8.20. The van der Waals surface area contributed by atoms with Crippen LogP contribution in [0.2, 0.25) is 0 Å². The average molecular weight is 412 g/mol. The van der Waals surface area contributed by atoms with Gasteiger partial charge in [0.25, 0.3) is 0 Å². The number of para-hydroxylation sites is 1. The summed E-state index contributed by atoms with van der Waals surface area (Å²) >= 11 is 1.83. The minimum atomic E-state index is 0.791. The Morgan fingerprint density at radius 3 is 2.31 bits per heavy atom. The van der Waals surface area contributed by atoms with Crippen molar-refractivity contribution in [3.05, 3.63) is 65.7 Å². The van der Waals surface area contributed by atoms with Crippen LogP contribution in [0.4, 0.5) is 5.69 Å². The van der Waals surface area contributed by atoms with Crippen LogP contribution in [0.5, 0.6) is 0 Å². The van der Waals surface area contributed by atoms with Gasteiger partial charge < -0.3 is 15.5 Å². The summed E-state index contributed by atoms with van der Waals surface area (Å²) in [5, 5.41) is 6.82. The van der Waals surface area contributed by atoms with E-state index in [-0.39, 0.29) is 0 Å². The first-order chi connectivity index (χ1) is 14.3. The quantitative estimate of drug-likeness (QED) is 0.397. The van der Waals surface area contributed by atoms with Crippen molar-refractivity contribution in [1.82, 2.24) is 15.5 Å². The van der Waals surface area contributed by atoms with Crippen molar-refractivity contribution in [2.75, 3.05) is 56.7 Å². The number of piperazine rings is 1. The molecule has 0 amide bonds.